The van der Waals surface area contributed by atoms with Crippen LogP contribution in [-0.2, 0) is 13.0 Å². The molecule has 0 saturated carbocycles. The van der Waals surface area contributed by atoms with E-state index in [0.29, 0.717) is 6.04 Å². The first-order valence-corrected chi connectivity index (χ1v) is 5.44. The average Bonchev–Trinajstić information content (AvgIpc) is 2.42. The van der Waals surface area contributed by atoms with Crippen molar-refractivity contribution in [3.05, 3.63) is 17.5 Å². The van der Waals surface area contributed by atoms with Crippen LogP contribution in [0.15, 0.2) is 6.07 Å². The first-order chi connectivity index (χ1) is 6.65. The van der Waals surface area contributed by atoms with Gasteiger partial charge in [-0.3, -0.25) is 4.68 Å². The molecule has 1 aromatic heterocycles. The fourth-order valence-electron chi connectivity index (χ4n) is 2.39. The Labute approximate surface area is 85.3 Å². The minimum absolute atomic E-state index is 0.329. The van der Waals surface area contributed by atoms with Gasteiger partial charge in [0.2, 0.25) is 0 Å². The maximum atomic E-state index is 5.83. The van der Waals surface area contributed by atoms with Crippen molar-refractivity contribution in [1.29, 1.82) is 0 Å². The monoisotopic (exact) mass is 193 g/mol. The second-order valence-corrected chi connectivity index (χ2v) is 4.57. The molecule has 1 aromatic rings. The van der Waals surface area contributed by atoms with Crippen molar-refractivity contribution in [2.75, 3.05) is 0 Å². The summed E-state index contributed by atoms with van der Waals surface area (Å²) in [5, 5.41) is 4.45. The van der Waals surface area contributed by atoms with Crippen molar-refractivity contribution in [1.82, 2.24) is 9.78 Å². The van der Waals surface area contributed by atoms with Crippen LogP contribution in [-0.4, -0.2) is 15.8 Å². The van der Waals surface area contributed by atoms with Crippen LogP contribution in [0.25, 0.3) is 0 Å². The summed E-state index contributed by atoms with van der Waals surface area (Å²) in [6, 6.07) is 2.53. The molecule has 0 bridgehead atoms. The molecule has 0 amide bonds. The van der Waals surface area contributed by atoms with Crippen LogP contribution in [0.3, 0.4) is 0 Å². The second kappa shape index (κ2) is 3.73. The molecule has 78 valence electrons. The molecule has 2 heterocycles. The zero-order valence-corrected chi connectivity index (χ0v) is 9.03. The normalized spacial score (nSPS) is 23.2. The van der Waals surface area contributed by atoms with E-state index < -0.39 is 0 Å². The van der Waals surface area contributed by atoms with E-state index in [2.05, 4.69) is 29.7 Å². The number of aryl methyl sites for hydroxylation is 2. The smallest absolute Gasteiger partial charge is 0.0596 e. The van der Waals surface area contributed by atoms with Crippen molar-refractivity contribution in [3.63, 3.8) is 0 Å². The van der Waals surface area contributed by atoms with Gasteiger partial charge in [-0.05, 0) is 45.1 Å². The Hall–Kier alpha value is -0.830. The second-order valence-electron chi connectivity index (χ2n) is 4.57. The van der Waals surface area contributed by atoms with Gasteiger partial charge in [0.15, 0.2) is 0 Å². The quantitative estimate of drug-likeness (QED) is 0.773. The van der Waals surface area contributed by atoms with Gasteiger partial charge < -0.3 is 5.73 Å². The van der Waals surface area contributed by atoms with Crippen molar-refractivity contribution in [2.45, 2.75) is 45.7 Å². The Bertz CT molecular complexity index is 314. The fraction of sp³-hybridized carbons (Fsp3) is 0.727. The molecule has 2 atom stereocenters. The first kappa shape index (κ1) is 9.71. The summed E-state index contributed by atoms with van der Waals surface area (Å²) in [5.74, 6) is 0.763. The van der Waals surface area contributed by atoms with Crippen LogP contribution in [0, 0.1) is 12.8 Å². The standard InChI is InChI=1S/C11H19N3/c1-8(12)5-10-3-4-14-11(7-10)6-9(2)13-14/h6,8,10H,3-5,7,12H2,1-2H3. The van der Waals surface area contributed by atoms with E-state index in [1.54, 1.807) is 0 Å². The molecule has 0 radical (unpaired) electrons. The van der Waals surface area contributed by atoms with Gasteiger partial charge in [-0.1, -0.05) is 0 Å². The number of aromatic nitrogens is 2. The largest absolute Gasteiger partial charge is 0.328 e. The minimum atomic E-state index is 0.329. The molecule has 2 rings (SSSR count). The molecule has 3 heteroatoms. The van der Waals surface area contributed by atoms with E-state index in [4.69, 9.17) is 5.73 Å². The van der Waals surface area contributed by atoms with E-state index >= 15 is 0 Å². The molecule has 1 aliphatic heterocycles. The Balaban J connectivity index is 2.05. The molecule has 14 heavy (non-hydrogen) atoms. The molecule has 1 aliphatic rings. The van der Waals surface area contributed by atoms with Gasteiger partial charge in [0.25, 0.3) is 0 Å². The van der Waals surface area contributed by atoms with Crippen LogP contribution < -0.4 is 5.73 Å². The third-order valence-electron chi connectivity index (χ3n) is 2.94. The summed E-state index contributed by atoms with van der Waals surface area (Å²) in [6.45, 7) is 5.23. The van der Waals surface area contributed by atoms with Crippen molar-refractivity contribution < 1.29 is 0 Å². The SMILES string of the molecule is Cc1cc2n(n1)CCC(CC(C)N)C2. The average molecular weight is 193 g/mol. The summed E-state index contributed by atoms with van der Waals surface area (Å²) >= 11 is 0. The third kappa shape index (κ3) is 1.98. The highest BCUT2D eigenvalue weighted by Gasteiger charge is 2.20. The van der Waals surface area contributed by atoms with Crippen molar-refractivity contribution >= 4 is 0 Å². The zero-order valence-electron chi connectivity index (χ0n) is 9.03. The number of hydrogen-bond donors (Lipinski definition) is 1. The summed E-state index contributed by atoms with van der Waals surface area (Å²) in [4.78, 5) is 0. The van der Waals surface area contributed by atoms with Crippen LogP contribution in [0.5, 0.6) is 0 Å². The molecule has 3 nitrogen and oxygen atoms in total. The molecule has 0 spiro atoms. The Morgan fingerprint density at radius 3 is 3.21 bits per heavy atom. The fourth-order valence-corrected chi connectivity index (χ4v) is 2.39. The Morgan fingerprint density at radius 1 is 1.71 bits per heavy atom. The number of fused-ring (bicyclic) bond motifs is 1. The molecule has 0 saturated heterocycles. The number of nitrogens with two attached hydrogens (primary N) is 1. The summed E-state index contributed by atoms with van der Waals surface area (Å²) in [5.41, 5.74) is 8.35. The van der Waals surface area contributed by atoms with Crippen molar-refractivity contribution in [2.24, 2.45) is 11.7 Å². The predicted octanol–water partition coefficient (Wildman–Crippen LogP) is 1.49. The van der Waals surface area contributed by atoms with Gasteiger partial charge in [-0.25, -0.2) is 0 Å². The zero-order chi connectivity index (χ0) is 10.1. The third-order valence-corrected chi connectivity index (χ3v) is 2.94. The predicted molar refractivity (Wildman–Crippen MR) is 57.0 cm³/mol. The lowest BCUT2D eigenvalue weighted by Gasteiger charge is -2.24. The Kier molecular flexibility index (Phi) is 2.59. The molecule has 2 N–H and O–H groups in total. The van der Waals surface area contributed by atoms with Crippen LogP contribution in [0.2, 0.25) is 0 Å². The lowest BCUT2D eigenvalue weighted by molar-refractivity contribution is 0.333. The highest BCUT2D eigenvalue weighted by molar-refractivity contribution is 5.11. The summed E-state index contributed by atoms with van der Waals surface area (Å²) in [7, 11) is 0. The van der Waals surface area contributed by atoms with Crippen LogP contribution in [0.4, 0.5) is 0 Å². The van der Waals surface area contributed by atoms with Gasteiger partial charge >= 0.3 is 0 Å². The lowest BCUT2D eigenvalue weighted by atomic mass is 9.90. The van der Waals surface area contributed by atoms with E-state index in [0.717, 1.165) is 31.0 Å². The Morgan fingerprint density at radius 2 is 2.50 bits per heavy atom. The maximum absolute atomic E-state index is 5.83. The number of nitrogens with zero attached hydrogens (tertiary/aromatic N) is 2. The number of hydrogen-bond acceptors (Lipinski definition) is 2. The van der Waals surface area contributed by atoms with Gasteiger partial charge in [-0.2, -0.15) is 5.10 Å². The van der Waals surface area contributed by atoms with Crippen molar-refractivity contribution in [3.8, 4) is 0 Å². The summed E-state index contributed by atoms with van der Waals surface area (Å²) in [6.07, 6.45) is 3.53. The van der Waals surface area contributed by atoms with Gasteiger partial charge in [-0.15, -0.1) is 0 Å². The lowest BCUT2D eigenvalue weighted by Crippen LogP contribution is -2.26. The van der Waals surface area contributed by atoms with Gasteiger partial charge in [0.1, 0.15) is 0 Å². The van der Waals surface area contributed by atoms with E-state index in [-0.39, 0.29) is 0 Å². The highest BCUT2D eigenvalue weighted by atomic mass is 15.3. The minimum Gasteiger partial charge on any atom is -0.328 e. The molecular weight excluding hydrogens is 174 g/mol. The van der Waals surface area contributed by atoms with Gasteiger partial charge in [0.05, 0.1) is 5.69 Å². The van der Waals surface area contributed by atoms with E-state index in [1.165, 1.54) is 12.1 Å². The van der Waals surface area contributed by atoms with E-state index in [9.17, 15) is 0 Å². The molecule has 0 aromatic carbocycles. The first-order valence-electron chi connectivity index (χ1n) is 5.44. The highest BCUT2D eigenvalue weighted by Crippen LogP contribution is 2.23. The maximum Gasteiger partial charge on any atom is 0.0596 e. The van der Waals surface area contributed by atoms with Crippen LogP contribution in [0.1, 0.15) is 31.2 Å². The molecular formula is C11H19N3. The summed E-state index contributed by atoms with van der Waals surface area (Å²) < 4.78 is 2.15. The van der Waals surface area contributed by atoms with Crippen LogP contribution >= 0.6 is 0 Å². The van der Waals surface area contributed by atoms with E-state index in [1.807, 2.05) is 0 Å². The van der Waals surface area contributed by atoms with Gasteiger partial charge in [0, 0.05) is 18.3 Å². The molecule has 2 unspecified atom stereocenters. The molecule has 0 fully saturated rings. The number of rotatable bonds is 2. The molecule has 0 aliphatic carbocycles. The topological polar surface area (TPSA) is 43.8 Å².